The summed E-state index contributed by atoms with van der Waals surface area (Å²) < 4.78 is 44.5. The molecule has 46 heavy (non-hydrogen) atoms. The molecule has 0 amide bonds. The summed E-state index contributed by atoms with van der Waals surface area (Å²) in [7, 11) is 0. The second-order valence-corrected chi connectivity index (χ2v) is 12.3. The van der Waals surface area contributed by atoms with Gasteiger partial charge in [-0.15, -0.1) is 0 Å². The summed E-state index contributed by atoms with van der Waals surface area (Å²) in [4.78, 5) is 0. The predicted molar refractivity (Wildman–Crippen MR) is 190 cm³/mol. The van der Waals surface area contributed by atoms with E-state index in [0.717, 1.165) is 26.1 Å². The van der Waals surface area contributed by atoms with Gasteiger partial charge in [-0.25, -0.2) is 0 Å². The van der Waals surface area contributed by atoms with Crippen LogP contribution in [-0.2, 0) is 37.9 Å². The number of hydrogen-bond donors (Lipinski definition) is 0. The largest absolute Gasteiger partial charge is 0.379 e. The van der Waals surface area contributed by atoms with Gasteiger partial charge in [0, 0.05) is 13.2 Å². The first-order valence-electron chi connectivity index (χ1n) is 19.5. The lowest BCUT2D eigenvalue weighted by Crippen LogP contribution is -2.15. The first-order chi connectivity index (χ1) is 22.9. The molecule has 0 rings (SSSR count). The van der Waals surface area contributed by atoms with Crippen LogP contribution in [0.1, 0.15) is 142 Å². The van der Waals surface area contributed by atoms with Gasteiger partial charge in [0.2, 0.25) is 0 Å². The highest BCUT2D eigenvalue weighted by molar-refractivity contribution is 4.49. The number of hydrogen-bond acceptors (Lipinski definition) is 8. The molecule has 0 aliphatic rings. The van der Waals surface area contributed by atoms with Crippen LogP contribution >= 0.6 is 0 Å². The number of rotatable bonds is 43. The molecule has 0 atom stereocenters. The minimum atomic E-state index is 0.554. The molecule has 0 fully saturated rings. The second-order valence-electron chi connectivity index (χ2n) is 12.3. The van der Waals surface area contributed by atoms with E-state index in [2.05, 4.69) is 13.8 Å². The highest BCUT2D eigenvalue weighted by atomic mass is 16.6. The Balaban J connectivity index is 3.03. The molecule has 0 spiro atoms. The van der Waals surface area contributed by atoms with Crippen molar-refractivity contribution >= 4 is 0 Å². The van der Waals surface area contributed by atoms with E-state index in [4.69, 9.17) is 37.9 Å². The zero-order valence-corrected chi connectivity index (χ0v) is 30.7. The predicted octanol–water partition coefficient (Wildman–Crippen LogP) is 8.96. The third-order valence-electron chi connectivity index (χ3n) is 7.89. The van der Waals surface area contributed by atoms with Crippen LogP contribution in [0.3, 0.4) is 0 Å². The van der Waals surface area contributed by atoms with Gasteiger partial charge in [0.25, 0.3) is 0 Å². The van der Waals surface area contributed by atoms with Crippen LogP contribution in [0, 0.1) is 0 Å². The molecule has 0 aromatic heterocycles. The van der Waals surface area contributed by atoms with Crippen LogP contribution in [0.2, 0.25) is 0 Å². The van der Waals surface area contributed by atoms with Gasteiger partial charge in [-0.2, -0.15) is 0 Å². The third-order valence-corrected chi connectivity index (χ3v) is 7.89. The summed E-state index contributed by atoms with van der Waals surface area (Å²) in [6.07, 6.45) is 27.1. The van der Waals surface area contributed by atoms with Crippen molar-refractivity contribution < 1.29 is 37.9 Å². The SMILES string of the molecule is CCCCCCCCCCCCCCCCOCCOCCOCCOCCOCCOCCOCCOCCCCCCCC. The highest BCUT2D eigenvalue weighted by Crippen LogP contribution is 2.13. The molecule has 0 unspecified atom stereocenters. The quantitative estimate of drug-likeness (QED) is 0.0599. The topological polar surface area (TPSA) is 73.8 Å². The van der Waals surface area contributed by atoms with E-state index in [-0.39, 0.29) is 0 Å². The summed E-state index contributed by atoms with van der Waals surface area (Å²) in [6, 6.07) is 0. The molecule has 0 aliphatic carbocycles. The molecular formula is C38H78O8. The Morgan fingerprint density at radius 2 is 0.326 bits per heavy atom. The van der Waals surface area contributed by atoms with Gasteiger partial charge in [0.05, 0.1) is 92.5 Å². The van der Waals surface area contributed by atoms with E-state index in [1.165, 1.54) is 116 Å². The third kappa shape index (κ3) is 43.7. The van der Waals surface area contributed by atoms with Crippen LogP contribution in [0.5, 0.6) is 0 Å². The van der Waals surface area contributed by atoms with Crippen LogP contribution in [-0.4, -0.2) is 106 Å². The Hall–Kier alpha value is -0.320. The zero-order valence-electron chi connectivity index (χ0n) is 30.7. The Labute approximate surface area is 285 Å². The fourth-order valence-electron chi connectivity index (χ4n) is 5.02. The Morgan fingerprint density at radius 1 is 0.174 bits per heavy atom. The molecule has 0 aromatic rings. The van der Waals surface area contributed by atoms with E-state index in [1.807, 2.05) is 0 Å². The minimum absolute atomic E-state index is 0.554. The fourth-order valence-corrected chi connectivity index (χ4v) is 5.02. The Morgan fingerprint density at radius 3 is 0.522 bits per heavy atom. The van der Waals surface area contributed by atoms with Gasteiger partial charge in [0.15, 0.2) is 0 Å². The van der Waals surface area contributed by atoms with Crippen molar-refractivity contribution in [2.45, 2.75) is 142 Å². The molecule has 278 valence electrons. The van der Waals surface area contributed by atoms with Crippen molar-refractivity contribution in [3.63, 3.8) is 0 Å². The first-order valence-corrected chi connectivity index (χ1v) is 19.5. The number of ether oxygens (including phenoxy) is 8. The minimum Gasteiger partial charge on any atom is -0.379 e. The molecule has 0 aromatic carbocycles. The highest BCUT2D eigenvalue weighted by Gasteiger charge is 1.97. The van der Waals surface area contributed by atoms with Gasteiger partial charge in [-0.1, -0.05) is 129 Å². The molecule has 0 aliphatic heterocycles. The van der Waals surface area contributed by atoms with E-state index in [1.54, 1.807) is 0 Å². The first kappa shape index (κ1) is 45.7. The monoisotopic (exact) mass is 663 g/mol. The summed E-state index contributed by atoms with van der Waals surface area (Å²) in [5.41, 5.74) is 0. The van der Waals surface area contributed by atoms with Crippen molar-refractivity contribution in [3.05, 3.63) is 0 Å². The van der Waals surface area contributed by atoms with Crippen molar-refractivity contribution in [3.8, 4) is 0 Å². The van der Waals surface area contributed by atoms with Gasteiger partial charge < -0.3 is 37.9 Å². The maximum atomic E-state index is 5.68. The lowest BCUT2D eigenvalue weighted by molar-refractivity contribution is -0.0232. The lowest BCUT2D eigenvalue weighted by atomic mass is 10.0. The normalized spacial score (nSPS) is 11.6. The van der Waals surface area contributed by atoms with Crippen LogP contribution in [0.25, 0.3) is 0 Å². The Bertz CT molecular complexity index is 467. The number of unbranched alkanes of at least 4 members (excludes halogenated alkanes) is 18. The van der Waals surface area contributed by atoms with Crippen molar-refractivity contribution in [1.29, 1.82) is 0 Å². The zero-order chi connectivity index (χ0) is 33.1. The molecular weight excluding hydrogens is 584 g/mol. The van der Waals surface area contributed by atoms with Gasteiger partial charge in [-0.3, -0.25) is 0 Å². The average molecular weight is 663 g/mol. The van der Waals surface area contributed by atoms with E-state index in [9.17, 15) is 0 Å². The van der Waals surface area contributed by atoms with Crippen molar-refractivity contribution in [1.82, 2.24) is 0 Å². The van der Waals surface area contributed by atoms with Crippen molar-refractivity contribution in [2.75, 3.05) is 106 Å². The summed E-state index contributed by atoms with van der Waals surface area (Å²) in [5, 5.41) is 0. The molecule has 8 heteroatoms. The van der Waals surface area contributed by atoms with Gasteiger partial charge >= 0.3 is 0 Å². The molecule has 8 nitrogen and oxygen atoms in total. The second kappa shape index (κ2) is 44.7. The van der Waals surface area contributed by atoms with Gasteiger partial charge in [0.1, 0.15) is 0 Å². The summed E-state index contributed by atoms with van der Waals surface area (Å²) in [6.45, 7) is 14.4. The van der Waals surface area contributed by atoms with E-state index >= 15 is 0 Å². The smallest absolute Gasteiger partial charge is 0.0701 e. The molecule has 0 saturated carbocycles. The summed E-state index contributed by atoms with van der Waals surface area (Å²) in [5.74, 6) is 0. The average Bonchev–Trinajstić information content (AvgIpc) is 3.07. The van der Waals surface area contributed by atoms with Crippen LogP contribution in [0.4, 0.5) is 0 Å². The fraction of sp³-hybridized carbons (Fsp3) is 1.00. The van der Waals surface area contributed by atoms with Crippen LogP contribution in [0.15, 0.2) is 0 Å². The van der Waals surface area contributed by atoms with Crippen molar-refractivity contribution in [2.24, 2.45) is 0 Å². The molecule has 0 radical (unpaired) electrons. The Kier molecular flexibility index (Phi) is 44.4. The van der Waals surface area contributed by atoms with E-state index < -0.39 is 0 Å². The van der Waals surface area contributed by atoms with Gasteiger partial charge in [-0.05, 0) is 12.8 Å². The summed E-state index contributed by atoms with van der Waals surface area (Å²) >= 11 is 0. The molecule has 0 N–H and O–H groups in total. The molecule has 0 bridgehead atoms. The maximum Gasteiger partial charge on any atom is 0.0701 e. The molecule has 0 heterocycles. The van der Waals surface area contributed by atoms with Crippen LogP contribution < -0.4 is 0 Å². The maximum absolute atomic E-state index is 5.68. The van der Waals surface area contributed by atoms with E-state index in [0.29, 0.717) is 92.5 Å². The molecule has 0 saturated heterocycles. The lowest BCUT2D eigenvalue weighted by Gasteiger charge is -2.09. The standard InChI is InChI=1S/C38H78O8/c1-3-5-7-9-11-12-13-14-15-16-17-18-20-22-24-40-26-28-42-30-32-44-34-36-46-38-37-45-35-33-43-31-29-41-27-25-39-23-21-19-10-8-6-4-2/h3-38H2,1-2H3.